The van der Waals surface area contributed by atoms with Crippen molar-refractivity contribution in [2.75, 3.05) is 0 Å². The van der Waals surface area contributed by atoms with Gasteiger partial charge < -0.3 is 4.98 Å². The molecule has 1 atom stereocenters. The Labute approximate surface area is 92.0 Å². The average molecular weight is 218 g/mol. The van der Waals surface area contributed by atoms with Crippen molar-refractivity contribution in [1.29, 1.82) is 0 Å². The van der Waals surface area contributed by atoms with Crippen molar-refractivity contribution in [1.82, 2.24) is 9.97 Å². The summed E-state index contributed by atoms with van der Waals surface area (Å²) in [6, 6.07) is 9.39. The fourth-order valence-electron chi connectivity index (χ4n) is 1.60. The topological polar surface area (TPSA) is 45.8 Å². The molecule has 2 rings (SSSR count). The van der Waals surface area contributed by atoms with Gasteiger partial charge in [0, 0.05) is 5.92 Å². The van der Waals surface area contributed by atoms with Crippen LogP contribution in [0.5, 0.6) is 0 Å². The van der Waals surface area contributed by atoms with E-state index in [1.807, 2.05) is 37.3 Å². The third-order valence-electron chi connectivity index (χ3n) is 2.53. The maximum Gasteiger partial charge on any atom is 0.287 e. The lowest BCUT2D eigenvalue weighted by molar-refractivity contribution is 0.569. The van der Waals surface area contributed by atoms with E-state index < -0.39 is 11.4 Å². The van der Waals surface area contributed by atoms with Gasteiger partial charge in [0.05, 0.1) is 12.0 Å². The number of halogens is 1. The number of hydrogen-bond acceptors (Lipinski definition) is 2. The molecule has 0 fully saturated rings. The van der Waals surface area contributed by atoms with E-state index in [-0.39, 0.29) is 11.6 Å². The zero-order valence-electron chi connectivity index (χ0n) is 8.77. The number of aromatic amines is 1. The summed E-state index contributed by atoms with van der Waals surface area (Å²) >= 11 is 0. The Kier molecular flexibility index (Phi) is 2.81. The monoisotopic (exact) mass is 218 g/mol. The molecule has 0 aliphatic heterocycles. The summed E-state index contributed by atoms with van der Waals surface area (Å²) in [6.07, 6.45) is 1.22. The van der Waals surface area contributed by atoms with Gasteiger partial charge in [-0.25, -0.2) is 4.98 Å². The van der Waals surface area contributed by atoms with E-state index in [1.54, 1.807) is 0 Å². The van der Waals surface area contributed by atoms with Gasteiger partial charge in [-0.2, -0.15) is 4.39 Å². The summed E-state index contributed by atoms with van der Waals surface area (Å²) in [7, 11) is 0. The molecule has 1 aromatic carbocycles. The van der Waals surface area contributed by atoms with E-state index in [0.717, 1.165) is 5.56 Å². The highest BCUT2D eigenvalue weighted by molar-refractivity contribution is 5.27. The quantitative estimate of drug-likeness (QED) is 0.838. The third-order valence-corrected chi connectivity index (χ3v) is 2.53. The van der Waals surface area contributed by atoms with Gasteiger partial charge >= 0.3 is 0 Å². The van der Waals surface area contributed by atoms with Crippen LogP contribution in [0.15, 0.2) is 41.5 Å². The van der Waals surface area contributed by atoms with E-state index in [4.69, 9.17) is 0 Å². The first-order valence-corrected chi connectivity index (χ1v) is 4.98. The molecule has 16 heavy (non-hydrogen) atoms. The van der Waals surface area contributed by atoms with E-state index >= 15 is 0 Å². The molecule has 0 saturated heterocycles. The molecule has 0 bridgehead atoms. The number of aromatic nitrogens is 2. The Bertz CT molecular complexity index is 536. The molecule has 0 amide bonds. The maximum atomic E-state index is 13.5. The second kappa shape index (κ2) is 4.26. The molecule has 2 aromatic rings. The number of H-pyrrole nitrogens is 1. The van der Waals surface area contributed by atoms with Crippen molar-refractivity contribution in [3.05, 3.63) is 64.1 Å². The summed E-state index contributed by atoms with van der Waals surface area (Å²) in [5.41, 5.74) is 0.377. The lowest BCUT2D eigenvalue weighted by atomic mass is 9.97. The zero-order valence-corrected chi connectivity index (χ0v) is 8.77. The molecule has 3 nitrogen and oxygen atoms in total. The predicted octanol–water partition coefficient (Wildman–Crippen LogP) is 2.06. The van der Waals surface area contributed by atoms with Crippen molar-refractivity contribution in [2.45, 2.75) is 12.8 Å². The fourth-order valence-corrected chi connectivity index (χ4v) is 1.60. The van der Waals surface area contributed by atoms with Gasteiger partial charge in [-0.3, -0.25) is 4.79 Å². The minimum Gasteiger partial charge on any atom is -0.311 e. The van der Waals surface area contributed by atoms with E-state index in [0.29, 0.717) is 0 Å². The third kappa shape index (κ3) is 1.86. The largest absolute Gasteiger partial charge is 0.311 e. The van der Waals surface area contributed by atoms with Gasteiger partial charge in [-0.15, -0.1) is 0 Å². The van der Waals surface area contributed by atoms with Gasteiger partial charge in [0.1, 0.15) is 0 Å². The first-order valence-electron chi connectivity index (χ1n) is 4.98. The Morgan fingerprint density at radius 2 is 2.00 bits per heavy atom. The molecule has 1 heterocycles. The summed E-state index contributed by atoms with van der Waals surface area (Å²) in [5.74, 6) is -1.04. The smallest absolute Gasteiger partial charge is 0.287 e. The molecule has 1 aromatic heterocycles. The molecule has 0 spiro atoms. The number of benzene rings is 1. The van der Waals surface area contributed by atoms with Crippen LogP contribution < -0.4 is 5.56 Å². The van der Waals surface area contributed by atoms with Crippen molar-refractivity contribution >= 4 is 0 Å². The molecule has 1 unspecified atom stereocenters. The molecule has 0 aliphatic rings. The standard InChI is InChI=1S/C12H11FN2O/c1-8(9-5-3-2-4-6-9)11-10(13)12(16)15-7-14-11/h2-8H,1H3,(H,14,15,16). The van der Waals surface area contributed by atoms with Crippen LogP contribution in [-0.2, 0) is 0 Å². The minimum absolute atomic E-state index is 0.176. The van der Waals surface area contributed by atoms with Gasteiger partial charge in [0.2, 0.25) is 5.82 Å². The molecule has 82 valence electrons. The Balaban J connectivity index is 2.46. The molecule has 1 N–H and O–H groups in total. The highest BCUT2D eigenvalue weighted by Crippen LogP contribution is 2.22. The van der Waals surface area contributed by atoms with Gasteiger partial charge in [0.25, 0.3) is 5.56 Å². The van der Waals surface area contributed by atoms with E-state index in [2.05, 4.69) is 9.97 Å². The summed E-state index contributed by atoms with van der Waals surface area (Å²) in [5, 5.41) is 0. The molecular formula is C12H11FN2O. The molecule has 0 aliphatic carbocycles. The van der Waals surface area contributed by atoms with Gasteiger partial charge in [-0.1, -0.05) is 37.3 Å². The fraction of sp³-hybridized carbons (Fsp3) is 0.167. The van der Waals surface area contributed by atoms with Crippen LogP contribution in [-0.4, -0.2) is 9.97 Å². The molecular weight excluding hydrogens is 207 g/mol. The van der Waals surface area contributed by atoms with E-state index in [9.17, 15) is 9.18 Å². The first kappa shape index (κ1) is 10.5. The normalized spacial score (nSPS) is 12.4. The predicted molar refractivity (Wildman–Crippen MR) is 58.8 cm³/mol. The first-order chi connectivity index (χ1) is 7.70. The number of rotatable bonds is 2. The lowest BCUT2D eigenvalue weighted by Crippen LogP contribution is -2.16. The van der Waals surface area contributed by atoms with E-state index in [1.165, 1.54) is 6.33 Å². The summed E-state index contributed by atoms with van der Waals surface area (Å²) in [4.78, 5) is 17.2. The number of hydrogen-bond donors (Lipinski definition) is 1. The second-order valence-electron chi connectivity index (χ2n) is 3.56. The van der Waals surface area contributed by atoms with Crippen LogP contribution in [0.3, 0.4) is 0 Å². The lowest BCUT2D eigenvalue weighted by Gasteiger charge is -2.10. The molecule has 4 heteroatoms. The van der Waals surface area contributed by atoms with Crippen molar-refractivity contribution in [3.8, 4) is 0 Å². The van der Waals surface area contributed by atoms with Crippen LogP contribution in [0.1, 0.15) is 24.1 Å². The van der Waals surface area contributed by atoms with Crippen LogP contribution in [0.2, 0.25) is 0 Å². The van der Waals surface area contributed by atoms with Crippen LogP contribution in [0.25, 0.3) is 0 Å². The van der Waals surface area contributed by atoms with Crippen molar-refractivity contribution < 1.29 is 4.39 Å². The highest BCUT2D eigenvalue weighted by Gasteiger charge is 2.16. The summed E-state index contributed by atoms with van der Waals surface area (Å²) < 4.78 is 13.5. The second-order valence-corrected chi connectivity index (χ2v) is 3.56. The van der Waals surface area contributed by atoms with Crippen LogP contribution in [0.4, 0.5) is 4.39 Å². The van der Waals surface area contributed by atoms with Crippen LogP contribution >= 0.6 is 0 Å². The van der Waals surface area contributed by atoms with Gasteiger partial charge in [-0.05, 0) is 5.56 Å². The maximum absolute atomic E-state index is 13.5. The number of nitrogens with one attached hydrogen (secondary N) is 1. The highest BCUT2D eigenvalue weighted by atomic mass is 19.1. The zero-order chi connectivity index (χ0) is 11.5. The van der Waals surface area contributed by atoms with Gasteiger partial charge in [0.15, 0.2) is 0 Å². The molecule has 0 saturated carbocycles. The Morgan fingerprint density at radius 3 is 2.69 bits per heavy atom. The minimum atomic E-state index is -0.807. The van der Waals surface area contributed by atoms with Crippen molar-refractivity contribution in [3.63, 3.8) is 0 Å². The Morgan fingerprint density at radius 1 is 1.31 bits per heavy atom. The van der Waals surface area contributed by atoms with Crippen LogP contribution in [0, 0.1) is 5.82 Å². The summed E-state index contributed by atoms with van der Waals surface area (Å²) in [6.45, 7) is 1.82. The molecule has 0 radical (unpaired) electrons. The van der Waals surface area contributed by atoms with Crippen molar-refractivity contribution in [2.24, 2.45) is 0 Å². The number of nitrogens with zero attached hydrogens (tertiary/aromatic N) is 1. The SMILES string of the molecule is CC(c1ccccc1)c1nc[nH]c(=O)c1F. The average Bonchev–Trinajstić information content (AvgIpc) is 2.33. The Hall–Kier alpha value is -1.97.